The van der Waals surface area contributed by atoms with Crippen molar-refractivity contribution in [1.29, 1.82) is 0 Å². The predicted molar refractivity (Wildman–Crippen MR) is 58.2 cm³/mol. The Kier molecular flexibility index (Phi) is 4.98. The van der Waals surface area contributed by atoms with Gasteiger partial charge in [0.2, 0.25) is 5.91 Å². The highest BCUT2D eigenvalue weighted by molar-refractivity contribution is 6.18. The van der Waals surface area contributed by atoms with E-state index in [1.807, 2.05) is 12.2 Å². The lowest BCUT2D eigenvalue weighted by atomic mass is 9.97. The van der Waals surface area contributed by atoms with Gasteiger partial charge in [0, 0.05) is 19.0 Å². The van der Waals surface area contributed by atoms with Crippen molar-refractivity contribution >= 4 is 17.5 Å². The summed E-state index contributed by atoms with van der Waals surface area (Å²) in [4.78, 5) is 13.2. The molecule has 1 aliphatic heterocycles. The second-order valence-electron chi connectivity index (χ2n) is 3.63. The zero-order chi connectivity index (χ0) is 10.4. The summed E-state index contributed by atoms with van der Waals surface area (Å²) in [6.45, 7) is 2.72. The number of carbonyl (C=O) groups is 1. The van der Waals surface area contributed by atoms with Crippen LogP contribution in [-0.2, 0) is 4.79 Å². The van der Waals surface area contributed by atoms with Crippen LogP contribution in [0.4, 0.5) is 0 Å². The van der Waals surface area contributed by atoms with Gasteiger partial charge in [0.05, 0.1) is 5.92 Å². The van der Waals surface area contributed by atoms with Crippen molar-refractivity contribution < 1.29 is 4.79 Å². The largest absolute Gasteiger partial charge is 0.369 e. The van der Waals surface area contributed by atoms with Crippen LogP contribution in [0.3, 0.4) is 0 Å². The minimum atomic E-state index is -0.170. The monoisotopic (exact) mass is 216 g/mol. The summed E-state index contributed by atoms with van der Waals surface area (Å²) in [5, 5.41) is 0. The number of primary amides is 1. The van der Waals surface area contributed by atoms with Gasteiger partial charge in [0.1, 0.15) is 0 Å². The molecule has 80 valence electrons. The number of carbonyl (C=O) groups excluding carboxylic acids is 1. The van der Waals surface area contributed by atoms with Crippen molar-refractivity contribution in [2.45, 2.75) is 12.8 Å². The molecule has 1 heterocycles. The van der Waals surface area contributed by atoms with Crippen LogP contribution in [0, 0.1) is 5.92 Å². The highest BCUT2D eigenvalue weighted by Crippen LogP contribution is 2.15. The maximum absolute atomic E-state index is 11.0. The number of halogens is 1. The molecule has 0 spiro atoms. The molecule has 0 aliphatic carbocycles. The summed E-state index contributed by atoms with van der Waals surface area (Å²) < 4.78 is 0. The smallest absolute Gasteiger partial charge is 0.221 e. The summed E-state index contributed by atoms with van der Waals surface area (Å²) in [7, 11) is 0. The van der Waals surface area contributed by atoms with E-state index in [9.17, 15) is 4.79 Å². The maximum atomic E-state index is 11.0. The summed E-state index contributed by atoms with van der Waals surface area (Å²) in [5.41, 5.74) is 5.28. The molecule has 4 heteroatoms. The fraction of sp³-hybridized carbons (Fsp3) is 0.700. The zero-order valence-corrected chi connectivity index (χ0v) is 9.04. The van der Waals surface area contributed by atoms with E-state index in [1.165, 1.54) is 0 Å². The fourth-order valence-electron chi connectivity index (χ4n) is 1.74. The average Bonchev–Trinajstić information content (AvgIpc) is 2.19. The maximum Gasteiger partial charge on any atom is 0.221 e. The third kappa shape index (κ3) is 3.68. The summed E-state index contributed by atoms with van der Waals surface area (Å²) in [6.07, 6.45) is 5.96. The minimum absolute atomic E-state index is 0.0353. The number of allylic oxidation sites excluding steroid dienone is 1. The third-order valence-corrected chi connectivity index (χ3v) is 2.71. The molecule has 0 radical (unpaired) electrons. The van der Waals surface area contributed by atoms with Crippen molar-refractivity contribution in [2.24, 2.45) is 11.7 Å². The van der Waals surface area contributed by atoms with Crippen LogP contribution in [0.5, 0.6) is 0 Å². The third-order valence-electron chi connectivity index (χ3n) is 2.53. The molecule has 1 unspecified atom stereocenters. The number of nitrogens with zero attached hydrogens (tertiary/aromatic N) is 1. The van der Waals surface area contributed by atoms with E-state index in [2.05, 4.69) is 4.90 Å². The Balaban J connectivity index is 2.32. The molecule has 14 heavy (non-hydrogen) atoms. The van der Waals surface area contributed by atoms with E-state index < -0.39 is 0 Å². The van der Waals surface area contributed by atoms with Crippen LogP contribution in [-0.4, -0.2) is 36.3 Å². The van der Waals surface area contributed by atoms with Gasteiger partial charge in [-0.2, -0.15) is 0 Å². The number of likely N-dealkylation sites (tertiary alicyclic amines) is 1. The van der Waals surface area contributed by atoms with Crippen molar-refractivity contribution in [3.8, 4) is 0 Å². The molecular formula is C10H17ClN2O. The number of nitrogens with two attached hydrogens (primary N) is 1. The second kappa shape index (κ2) is 6.04. The molecule has 0 aromatic rings. The van der Waals surface area contributed by atoms with Crippen molar-refractivity contribution in [3.05, 3.63) is 12.2 Å². The second-order valence-corrected chi connectivity index (χ2v) is 3.94. The normalized spacial score (nSPS) is 24.2. The number of amides is 1. The average molecular weight is 217 g/mol. The number of hydrogen-bond donors (Lipinski definition) is 1. The van der Waals surface area contributed by atoms with E-state index in [-0.39, 0.29) is 11.8 Å². The van der Waals surface area contributed by atoms with Gasteiger partial charge in [0.25, 0.3) is 0 Å². The van der Waals surface area contributed by atoms with E-state index in [4.69, 9.17) is 17.3 Å². The van der Waals surface area contributed by atoms with Gasteiger partial charge >= 0.3 is 0 Å². The van der Waals surface area contributed by atoms with Gasteiger partial charge in [-0.25, -0.2) is 0 Å². The Labute approximate surface area is 89.9 Å². The summed E-state index contributed by atoms with van der Waals surface area (Å²) >= 11 is 5.52. The summed E-state index contributed by atoms with van der Waals surface area (Å²) in [6, 6.07) is 0. The van der Waals surface area contributed by atoms with Crippen molar-refractivity contribution in [1.82, 2.24) is 4.90 Å². The standard InChI is InChI=1S/C10H17ClN2O/c11-5-1-2-6-13-7-3-4-9(8-13)10(12)14/h1-2,9H,3-8H2,(H2,12,14). The van der Waals surface area contributed by atoms with Crippen LogP contribution in [0.15, 0.2) is 12.2 Å². The first-order chi connectivity index (χ1) is 6.74. The lowest BCUT2D eigenvalue weighted by Crippen LogP contribution is -2.41. The van der Waals surface area contributed by atoms with Crippen LogP contribution < -0.4 is 5.73 Å². The fourth-order valence-corrected chi connectivity index (χ4v) is 1.87. The molecular weight excluding hydrogens is 200 g/mol. The van der Waals surface area contributed by atoms with E-state index in [0.29, 0.717) is 5.88 Å². The molecule has 3 nitrogen and oxygen atoms in total. The Hall–Kier alpha value is -0.540. The Morgan fingerprint density at radius 1 is 1.57 bits per heavy atom. The molecule has 0 aromatic carbocycles. The molecule has 1 saturated heterocycles. The van der Waals surface area contributed by atoms with Gasteiger partial charge in [-0.05, 0) is 19.4 Å². The Bertz CT molecular complexity index is 218. The quantitative estimate of drug-likeness (QED) is 0.563. The SMILES string of the molecule is NC(=O)C1CCCN(CC=CCCl)C1. The minimum Gasteiger partial charge on any atom is -0.369 e. The lowest BCUT2D eigenvalue weighted by Gasteiger charge is -2.30. The first-order valence-electron chi connectivity index (χ1n) is 4.96. The Morgan fingerprint density at radius 3 is 3.00 bits per heavy atom. The molecule has 1 rings (SSSR count). The first kappa shape index (κ1) is 11.5. The molecule has 1 aliphatic rings. The highest BCUT2D eigenvalue weighted by atomic mass is 35.5. The molecule has 0 aromatic heterocycles. The number of alkyl halides is 1. The summed E-state index contributed by atoms with van der Waals surface area (Å²) in [5.74, 6) is 0.414. The molecule has 0 bridgehead atoms. The molecule has 0 saturated carbocycles. The molecule has 2 N–H and O–H groups in total. The van der Waals surface area contributed by atoms with E-state index in [0.717, 1.165) is 32.5 Å². The number of hydrogen-bond acceptors (Lipinski definition) is 2. The topological polar surface area (TPSA) is 46.3 Å². The van der Waals surface area contributed by atoms with E-state index in [1.54, 1.807) is 0 Å². The zero-order valence-electron chi connectivity index (χ0n) is 8.29. The van der Waals surface area contributed by atoms with Gasteiger partial charge in [0.15, 0.2) is 0 Å². The molecule has 1 atom stereocenters. The molecule has 1 fully saturated rings. The van der Waals surface area contributed by atoms with Crippen molar-refractivity contribution in [3.63, 3.8) is 0 Å². The van der Waals surface area contributed by atoms with Crippen LogP contribution in [0.2, 0.25) is 0 Å². The van der Waals surface area contributed by atoms with Crippen LogP contribution in [0.25, 0.3) is 0 Å². The molecule has 1 amide bonds. The van der Waals surface area contributed by atoms with Gasteiger partial charge in [-0.3, -0.25) is 9.69 Å². The van der Waals surface area contributed by atoms with Crippen molar-refractivity contribution in [2.75, 3.05) is 25.5 Å². The van der Waals surface area contributed by atoms with Gasteiger partial charge in [-0.1, -0.05) is 12.2 Å². The lowest BCUT2D eigenvalue weighted by molar-refractivity contribution is -0.123. The van der Waals surface area contributed by atoms with Gasteiger partial charge in [-0.15, -0.1) is 11.6 Å². The first-order valence-corrected chi connectivity index (χ1v) is 5.50. The van der Waals surface area contributed by atoms with Crippen LogP contribution in [0.1, 0.15) is 12.8 Å². The van der Waals surface area contributed by atoms with Gasteiger partial charge < -0.3 is 5.73 Å². The predicted octanol–water partition coefficient (Wildman–Crippen LogP) is 0.979. The highest BCUT2D eigenvalue weighted by Gasteiger charge is 2.22. The van der Waals surface area contributed by atoms with E-state index >= 15 is 0 Å². The number of piperidine rings is 1. The number of rotatable bonds is 4. The Morgan fingerprint density at radius 2 is 2.36 bits per heavy atom. The van der Waals surface area contributed by atoms with Crippen LogP contribution >= 0.6 is 11.6 Å².